The van der Waals surface area contributed by atoms with Gasteiger partial charge in [-0.2, -0.15) is 48.5 Å². The normalized spacial score (nSPS) is 13.1. The fourth-order valence-corrected chi connectivity index (χ4v) is 16.7. The topological polar surface area (TPSA) is 97.0 Å². The Kier molecular flexibility index (Phi) is 23.7. The molecule has 21 rings (SSSR count). The van der Waals surface area contributed by atoms with Gasteiger partial charge >= 0.3 is 41.2 Å². The monoisotopic (exact) mass is 2040 g/mol. The molecule has 0 unspecified atom stereocenters. The van der Waals surface area contributed by atoms with Gasteiger partial charge in [-0.1, -0.05) is 198 Å². The molecule has 1 N–H and O–H groups in total. The van der Waals surface area contributed by atoms with Gasteiger partial charge in [0, 0.05) is 77.6 Å². The first-order chi connectivity index (χ1) is 55.0. The minimum atomic E-state index is -0.248. The van der Waals surface area contributed by atoms with Crippen LogP contribution in [0.3, 0.4) is 0 Å². The van der Waals surface area contributed by atoms with Crippen LogP contribution in [0.4, 0.5) is 17.1 Å². The summed E-state index contributed by atoms with van der Waals surface area (Å²) in [5.41, 5.74) is 33.5. The van der Waals surface area contributed by atoms with Crippen LogP contribution in [0.5, 0.6) is 0 Å². The van der Waals surface area contributed by atoms with E-state index < -0.39 is 0 Å². The van der Waals surface area contributed by atoms with E-state index in [2.05, 4.69) is 284 Å². The Morgan fingerprint density at radius 1 is 0.431 bits per heavy atom. The molecule has 5 aromatic heterocycles. The van der Waals surface area contributed by atoms with Crippen LogP contribution in [0.15, 0.2) is 328 Å². The number of aliphatic hydroxyl groups excluding tert-OH is 1. The molecular formula is C105H80Ir2N6O2Pt-. The molecule has 0 atom stereocenters. The number of fused-ring (bicyclic) bond motifs is 8. The zero-order chi connectivity index (χ0) is 77.5. The Balaban J connectivity index is 0.000000139. The fraction of sp³-hybridized carbons (Fsp3) is 0.114. The van der Waals surface area contributed by atoms with E-state index in [0.29, 0.717) is 0 Å². The van der Waals surface area contributed by atoms with Crippen LogP contribution in [-0.2, 0) is 88.7 Å². The molecule has 11 heteroatoms. The summed E-state index contributed by atoms with van der Waals surface area (Å²) in [6, 6.07) is 124. The first-order valence-electron chi connectivity index (χ1n) is 38.3. The van der Waals surface area contributed by atoms with Crippen molar-refractivity contribution in [3.05, 3.63) is 409 Å². The van der Waals surface area contributed by atoms with Crippen LogP contribution in [0, 0.1) is 36.4 Å². The zero-order valence-electron chi connectivity index (χ0n) is 65.3. The largest absolute Gasteiger partial charge is 3.00 e. The summed E-state index contributed by atoms with van der Waals surface area (Å²) >= 11 is 0. The van der Waals surface area contributed by atoms with E-state index in [-0.39, 0.29) is 89.1 Å². The number of pyridine rings is 4. The van der Waals surface area contributed by atoms with E-state index in [4.69, 9.17) is 10.1 Å². The number of para-hydroxylation sites is 3. The number of ketones is 1. The predicted molar refractivity (Wildman–Crippen MR) is 461 cm³/mol. The van der Waals surface area contributed by atoms with Crippen molar-refractivity contribution in [3.8, 4) is 84.1 Å². The van der Waals surface area contributed by atoms with Gasteiger partial charge in [0.2, 0.25) is 0 Å². The Labute approximate surface area is 720 Å². The van der Waals surface area contributed by atoms with Gasteiger partial charge in [0.15, 0.2) is 5.78 Å². The summed E-state index contributed by atoms with van der Waals surface area (Å²) in [5.74, 6) is -0.0625. The molecule has 2 aliphatic heterocycles. The average molecular weight is 2040 g/mol. The number of carbonyl (C=O) groups is 1. The second kappa shape index (κ2) is 34.0. The fourth-order valence-electron chi connectivity index (χ4n) is 16.7. The van der Waals surface area contributed by atoms with Gasteiger partial charge in [-0.05, 0) is 140 Å². The summed E-state index contributed by atoms with van der Waals surface area (Å²) in [6.07, 6.45) is 7.84. The van der Waals surface area contributed by atoms with Gasteiger partial charge in [0.05, 0.1) is 28.0 Å². The number of allylic oxidation sites excluding steroid dienone is 2. The van der Waals surface area contributed by atoms with E-state index in [1.165, 1.54) is 120 Å². The second-order valence-corrected chi connectivity index (χ2v) is 30.6. The average Bonchev–Trinajstić information content (AvgIpc) is 1.45. The van der Waals surface area contributed by atoms with Gasteiger partial charge in [-0.15, -0.1) is 137 Å². The quantitative estimate of drug-likeness (QED) is 0.0873. The molecule has 17 aromatic rings. The first kappa shape index (κ1) is 80.9. The first-order valence-corrected chi connectivity index (χ1v) is 38.3. The molecule has 0 spiro atoms. The maximum atomic E-state index is 10.0. The van der Waals surface area contributed by atoms with E-state index in [1.54, 1.807) is 0 Å². The molecule has 116 heavy (non-hydrogen) atoms. The third kappa shape index (κ3) is 15.5. The molecule has 12 aromatic carbocycles. The number of benzene rings is 12. The number of aliphatic hydroxyl groups is 1. The molecule has 2 aliphatic carbocycles. The van der Waals surface area contributed by atoms with Crippen LogP contribution in [0.1, 0.15) is 99.9 Å². The van der Waals surface area contributed by atoms with Crippen molar-refractivity contribution in [2.45, 2.75) is 78.1 Å². The Bertz CT molecular complexity index is 6290. The molecule has 1 radical (unpaired) electrons. The summed E-state index contributed by atoms with van der Waals surface area (Å²) in [5, 5.41) is 12.2. The molecule has 0 amide bonds. The molecular weight excluding hydrogens is 1960 g/mol. The smallest absolute Gasteiger partial charge is 0.512 e. The van der Waals surface area contributed by atoms with Gasteiger partial charge in [-0.3, -0.25) is 9.78 Å². The van der Waals surface area contributed by atoms with Gasteiger partial charge in [0.25, 0.3) is 0 Å². The van der Waals surface area contributed by atoms with Gasteiger partial charge in [0.1, 0.15) is 0 Å². The molecule has 0 saturated carbocycles. The van der Waals surface area contributed by atoms with Crippen molar-refractivity contribution < 1.29 is 71.2 Å². The number of nitrogens with zero attached hydrogens (tertiary/aromatic N) is 6. The second-order valence-electron chi connectivity index (χ2n) is 30.6. The number of hydrogen-bond donors (Lipinski definition) is 1. The van der Waals surface area contributed by atoms with E-state index in [1.807, 2.05) is 134 Å². The van der Waals surface area contributed by atoms with Crippen LogP contribution >= 0.6 is 0 Å². The Hall–Kier alpha value is -11.7. The molecule has 4 aliphatic rings. The molecule has 8 nitrogen and oxygen atoms in total. The van der Waals surface area contributed by atoms with Crippen molar-refractivity contribution in [2.75, 3.05) is 4.90 Å². The van der Waals surface area contributed by atoms with Crippen LogP contribution in [-0.4, -0.2) is 35.4 Å². The van der Waals surface area contributed by atoms with Crippen molar-refractivity contribution in [3.63, 3.8) is 0 Å². The summed E-state index contributed by atoms with van der Waals surface area (Å²) < 4.78 is 2.58. The van der Waals surface area contributed by atoms with E-state index >= 15 is 0 Å². The van der Waals surface area contributed by atoms with E-state index in [9.17, 15) is 4.79 Å². The SMILES string of the molecule is CC(=O)C=C(C)O.CC1(C)c2cc(N(c3[c-]c(-c4ccccn4)ccc3)c3[c-]c(-c4ccccn4)ccc3)cc3c2-n2c4c1cccc4c1cccc(c12)C3(C)C.CC1(C)c2ccccc2-c2c[c-]c(-c3ccc4ccccc4n3)cc21.[Ir+3].[Ir].[Pt+2].[c-]1ccccc1-c1[c-]cccc1.[c-]1ccccc1-c1cc2c(cn1)-c1ccccc1C2. The van der Waals surface area contributed by atoms with Crippen molar-refractivity contribution in [1.29, 1.82) is 0 Å². The molecule has 0 fully saturated rings. The number of aromatic nitrogens is 5. The third-order valence-electron chi connectivity index (χ3n) is 22.2. The maximum Gasteiger partial charge on any atom is 3.00 e. The van der Waals surface area contributed by atoms with Crippen molar-refractivity contribution in [1.82, 2.24) is 24.5 Å². The zero-order valence-corrected chi connectivity index (χ0v) is 72.4. The Morgan fingerprint density at radius 2 is 0.940 bits per heavy atom. The summed E-state index contributed by atoms with van der Waals surface area (Å²) in [4.78, 5) is 31.1. The summed E-state index contributed by atoms with van der Waals surface area (Å²) in [7, 11) is 0. The summed E-state index contributed by atoms with van der Waals surface area (Å²) in [6.45, 7) is 17.0. The van der Waals surface area contributed by atoms with E-state index in [0.717, 1.165) is 85.2 Å². The molecule has 0 bridgehead atoms. The standard InChI is InChI=1S/C46H34N4.C24H18N.C18H12N.C12H8.C5H8O2.2Ir.Pt/c1-45(2)36-19-11-17-34-35-18-12-20-37-43(35)50(42(34)36)44-38(45)27-33(28-39(44)46(37,3)4)49(31-15-9-13-29(25-31)40-21-5-7-23-47-40)32-16-10-14-30(26-32)41-22-6-8-24-48-41;1-24(2)20-9-5-4-8-18(20)19-13-11-17(15-21(19)24)23-14-12-16-7-3-6-10-22(16)25-23;1-2-6-13(7-3-1)18-11-15-10-14-8-4-5-9-16(14)17(15)12-19-18;1-3-7-11(8-4-1)12-9-5-2-6-10-12;1-4(6)3-5(2)7;;;/h5-24,27-28H,1-4H3;3-10,12-15H,1-2H3;1-6,8-9,11-12H,10H2;1-7,9H;3,6H,1-2H3;;;/q-2;2*-1;-2;;;+3;+2. The predicted octanol–water partition coefficient (Wildman–Crippen LogP) is 25.4. The van der Waals surface area contributed by atoms with Gasteiger partial charge < -0.3 is 29.5 Å². The number of rotatable bonds is 9. The van der Waals surface area contributed by atoms with Crippen LogP contribution in [0.2, 0.25) is 0 Å². The number of anilines is 3. The molecule has 7 heterocycles. The minimum absolute atomic E-state index is 0. The van der Waals surface area contributed by atoms with Crippen molar-refractivity contribution >= 4 is 55.6 Å². The number of carbonyl (C=O) groups excluding carboxylic acids is 1. The van der Waals surface area contributed by atoms with Crippen LogP contribution < -0.4 is 4.90 Å². The van der Waals surface area contributed by atoms with Crippen LogP contribution in [0.25, 0.3) is 117 Å². The van der Waals surface area contributed by atoms with Gasteiger partial charge in [-0.25, -0.2) is 11.1 Å². The maximum absolute atomic E-state index is 10.0. The third-order valence-corrected chi connectivity index (χ3v) is 22.2. The Morgan fingerprint density at radius 3 is 1.49 bits per heavy atom. The molecule has 571 valence electrons. The minimum Gasteiger partial charge on any atom is -0.512 e. The van der Waals surface area contributed by atoms with Crippen molar-refractivity contribution in [2.24, 2.45) is 0 Å². The molecule has 0 saturated heterocycles. The number of hydrogen-bond acceptors (Lipinski definition) is 7.